The lowest BCUT2D eigenvalue weighted by molar-refractivity contribution is 1.05. The molecule has 0 aromatic heterocycles. The third-order valence-corrected chi connectivity index (χ3v) is 2.55. The SMILES string of the molecule is Cl.NC(=NCc1ccccc1)/N=C(\N)Nc1ccccc1. The summed E-state index contributed by atoms with van der Waals surface area (Å²) >= 11 is 0. The number of nitrogens with zero attached hydrogens (tertiary/aromatic N) is 2. The Hall–Kier alpha value is -2.53. The maximum Gasteiger partial charge on any atom is 0.218 e. The number of anilines is 1. The van der Waals surface area contributed by atoms with Crippen LogP contribution in [-0.4, -0.2) is 11.9 Å². The van der Waals surface area contributed by atoms with Crippen LogP contribution in [0.25, 0.3) is 0 Å². The van der Waals surface area contributed by atoms with E-state index in [9.17, 15) is 0 Å². The largest absolute Gasteiger partial charge is 0.369 e. The average Bonchev–Trinajstić information content (AvgIpc) is 2.47. The number of benzene rings is 2. The Balaban J connectivity index is 0.00000220. The van der Waals surface area contributed by atoms with E-state index in [2.05, 4.69) is 15.3 Å². The van der Waals surface area contributed by atoms with Gasteiger partial charge in [-0.15, -0.1) is 12.4 Å². The van der Waals surface area contributed by atoms with E-state index < -0.39 is 0 Å². The van der Waals surface area contributed by atoms with Crippen LogP contribution in [0.2, 0.25) is 0 Å². The van der Waals surface area contributed by atoms with Crippen LogP contribution in [0.15, 0.2) is 70.6 Å². The van der Waals surface area contributed by atoms with Crippen LogP contribution in [0, 0.1) is 0 Å². The first-order chi connectivity index (χ1) is 9.74. The Morgan fingerprint density at radius 3 is 2.10 bits per heavy atom. The monoisotopic (exact) mass is 303 g/mol. The molecule has 0 atom stereocenters. The van der Waals surface area contributed by atoms with E-state index in [4.69, 9.17) is 11.5 Å². The van der Waals surface area contributed by atoms with Gasteiger partial charge in [0, 0.05) is 5.69 Å². The summed E-state index contributed by atoms with van der Waals surface area (Å²) < 4.78 is 0. The molecule has 2 rings (SSSR count). The molecule has 0 amide bonds. The van der Waals surface area contributed by atoms with E-state index in [0.29, 0.717) is 6.54 Å². The van der Waals surface area contributed by atoms with Gasteiger partial charge in [0.2, 0.25) is 11.9 Å². The molecule has 0 saturated heterocycles. The van der Waals surface area contributed by atoms with Gasteiger partial charge in [-0.1, -0.05) is 48.5 Å². The van der Waals surface area contributed by atoms with Crippen molar-refractivity contribution < 1.29 is 0 Å². The lowest BCUT2D eigenvalue weighted by Gasteiger charge is -2.04. The lowest BCUT2D eigenvalue weighted by Crippen LogP contribution is -2.26. The van der Waals surface area contributed by atoms with Crippen LogP contribution in [0.1, 0.15) is 5.56 Å². The number of halogens is 1. The molecule has 2 aromatic rings. The topological polar surface area (TPSA) is 88.8 Å². The molecular formula is C15H18ClN5. The van der Waals surface area contributed by atoms with E-state index in [1.165, 1.54) is 0 Å². The number of nitrogens with two attached hydrogens (primary N) is 2. The van der Waals surface area contributed by atoms with Gasteiger partial charge >= 0.3 is 0 Å². The first-order valence-corrected chi connectivity index (χ1v) is 6.24. The quantitative estimate of drug-likeness (QED) is 0.600. The Morgan fingerprint density at radius 1 is 0.905 bits per heavy atom. The van der Waals surface area contributed by atoms with Gasteiger partial charge in [-0.3, -0.25) is 0 Å². The Morgan fingerprint density at radius 2 is 1.48 bits per heavy atom. The number of hydrogen-bond donors (Lipinski definition) is 3. The number of rotatable bonds is 3. The Labute approximate surface area is 130 Å². The third-order valence-electron chi connectivity index (χ3n) is 2.55. The van der Waals surface area contributed by atoms with Crippen molar-refractivity contribution in [2.45, 2.75) is 6.54 Å². The molecule has 0 bridgehead atoms. The van der Waals surface area contributed by atoms with Crippen molar-refractivity contribution in [3.8, 4) is 0 Å². The summed E-state index contributed by atoms with van der Waals surface area (Å²) in [5.74, 6) is 0.361. The summed E-state index contributed by atoms with van der Waals surface area (Å²) in [6.07, 6.45) is 0. The molecule has 110 valence electrons. The van der Waals surface area contributed by atoms with Gasteiger partial charge in [0.05, 0.1) is 6.54 Å². The zero-order valence-electron chi connectivity index (χ0n) is 11.4. The van der Waals surface area contributed by atoms with E-state index in [1.807, 2.05) is 60.7 Å². The number of guanidine groups is 2. The molecule has 5 N–H and O–H groups in total. The molecule has 0 fully saturated rings. The van der Waals surface area contributed by atoms with E-state index in [-0.39, 0.29) is 24.3 Å². The van der Waals surface area contributed by atoms with E-state index in [0.717, 1.165) is 11.3 Å². The Bertz CT molecular complexity index is 596. The molecule has 0 saturated carbocycles. The molecule has 6 heteroatoms. The molecule has 0 spiro atoms. The van der Waals surface area contributed by atoms with Crippen molar-refractivity contribution in [2.75, 3.05) is 5.32 Å². The Kier molecular flexibility index (Phi) is 6.77. The van der Waals surface area contributed by atoms with Crippen LogP contribution in [0.3, 0.4) is 0 Å². The highest BCUT2D eigenvalue weighted by atomic mass is 35.5. The van der Waals surface area contributed by atoms with Crippen LogP contribution in [0.4, 0.5) is 5.69 Å². The highest BCUT2D eigenvalue weighted by molar-refractivity contribution is 6.00. The number of para-hydroxylation sites is 1. The second-order valence-electron chi connectivity index (χ2n) is 4.15. The summed E-state index contributed by atoms with van der Waals surface area (Å²) in [7, 11) is 0. The minimum absolute atomic E-state index is 0. The van der Waals surface area contributed by atoms with Crippen molar-refractivity contribution >= 4 is 30.0 Å². The fourth-order valence-corrected chi connectivity index (χ4v) is 1.61. The zero-order valence-corrected chi connectivity index (χ0v) is 12.3. The van der Waals surface area contributed by atoms with Crippen molar-refractivity contribution in [2.24, 2.45) is 21.5 Å². The standard InChI is InChI=1S/C15H17N5.ClH/c16-14(18-11-12-7-3-1-4-8-12)20-15(17)19-13-9-5-2-6-10-13;/h1-10H,11H2,(H5,16,17,18,19,20);1H. The zero-order chi connectivity index (χ0) is 14.2. The second kappa shape index (κ2) is 8.60. The molecule has 0 heterocycles. The van der Waals surface area contributed by atoms with Crippen LogP contribution in [-0.2, 0) is 6.54 Å². The normalized spacial score (nSPS) is 11.6. The molecular weight excluding hydrogens is 286 g/mol. The minimum atomic E-state index is 0. The maximum atomic E-state index is 5.75. The van der Waals surface area contributed by atoms with E-state index in [1.54, 1.807) is 0 Å². The van der Waals surface area contributed by atoms with Gasteiger partial charge in [0.1, 0.15) is 0 Å². The highest BCUT2D eigenvalue weighted by Gasteiger charge is 1.96. The molecule has 5 nitrogen and oxygen atoms in total. The lowest BCUT2D eigenvalue weighted by atomic mass is 10.2. The van der Waals surface area contributed by atoms with Crippen LogP contribution < -0.4 is 16.8 Å². The molecule has 0 radical (unpaired) electrons. The van der Waals surface area contributed by atoms with Crippen molar-refractivity contribution in [1.82, 2.24) is 0 Å². The number of aliphatic imine (C=N–C) groups is 2. The van der Waals surface area contributed by atoms with Gasteiger partial charge in [0.15, 0.2) is 0 Å². The third kappa shape index (κ3) is 5.97. The van der Waals surface area contributed by atoms with Gasteiger partial charge in [-0.05, 0) is 17.7 Å². The van der Waals surface area contributed by atoms with Gasteiger partial charge in [-0.25, -0.2) is 4.99 Å². The molecule has 0 unspecified atom stereocenters. The minimum Gasteiger partial charge on any atom is -0.369 e. The predicted octanol–water partition coefficient (Wildman–Crippen LogP) is 2.35. The molecule has 0 aliphatic rings. The van der Waals surface area contributed by atoms with Crippen molar-refractivity contribution in [3.63, 3.8) is 0 Å². The highest BCUT2D eigenvalue weighted by Crippen LogP contribution is 2.04. The summed E-state index contributed by atoms with van der Waals surface area (Å²) in [6.45, 7) is 0.481. The number of hydrogen-bond acceptors (Lipinski definition) is 1. The predicted molar refractivity (Wildman–Crippen MR) is 90.7 cm³/mol. The summed E-state index contributed by atoms with van der Waals surface area (Å²) in [5, 5.41) is 2.94. The van der Waals surface area contributed by atoms with Gasteiger partial charge in [0.25, 0.3) is 0 Å². The second-order valence-corrected chi connectivity index (χ2v) is 4.15. The first-order valence-electron chi connectivity index (χ1n) is 6.24. The fourth-order valence-electron chi connectivity index (χ4n) is 1.61. The smallest absolute Gasteiger partial charge is 0.218 e. The summed E-state index contributed by atoms with van der Waals surface area (Å²) in [6, 6.07) is 19.3. The average molecular weight is 304 g/mol. The van der Waals surface area contributed by atoms with Gasteiger partial charge in [-0.2, -0.15) is 4.99 Å². The summed E-state index contributed by atoms with van der Waals surface area (Å²) in [5.41, 5.74) is 13.4. The van der Waals surface area contributed by atoms with Gasteiger partial charge < -0.3 is 16.8 Å². The van der Waals surface area contributed by atoms with Crippen LogP contribution in [0.5, 0.6) is 0 Å². The van der Waals surface area contributed by atoms with Crippen molar-refractivity contribution in [3.05, 3.63) is 66.2 Å². The number of nitrogens with one attached hydrogen (secondary N) is 1. The summed E-state index contributed by atoms with van der Waals surface area (Å²) in [4.78, 5) is 8.16. The molecule has 0 aliphatic heterocycles. The first kappa shape index (κ1) is 16.5. The molecule has 0 aliphatic carbocycles. The van der Waals surface area contributed by atoms with Crippen molar-refractivity contribution in [1.29, 1.82) is 0 Å². The molecule has 21 heavy (non-hydrogen) atoms. The fraction of sp³-hybridized carbons (Fsp3) is 0.0667. The molecule has 2 aromatic carbocycles. The van der Waals surface area contributed by atoms with Crippen LogP contribution >= 0.6 is 12.4 Å². The van der Waals surface area contributed by atoms with E-state index >= 15 is 0 Å². The maximum absolute atomic E-state index is 5.75.